The van der Waals surface area contributed by atoms with Gasteiger partial charge >= 0.3 is 0 Å². The molecule has 0 saturated heterocycles. The number of ketones is 1. The summed E-state index contributed by atoms with van der Waals surface area (Å²) in [6.07, 6.45) is 7.26. The third-order valence-electron chi connectivity index (χ3n) is 7.19. The zero-order chi connectivity index (χ0) is 32.1. The largest absolute Gasteiger partial charge is 0.497 e. The summed E-state index contributed by atoms with van der Waals surface area (Å²) in [5, 5.41) is 8.61. The zero-order valence-corrected chi connectivity index (χ0v) is 26.6. The molecule has 0 aliphatic rings. The number of carbonyl (C=O) groups is 1. The van der Waals surface area contributed by atoms with Crippen molar-refractivity contribution < 1.29 is 14.3 Å². The van der Waals surface area contributed by atoms with Crippen LogP contribution in [0.2, 0.25) is 5.02 Å². The molecular weight excluding hydrogens is 592 g/mol. The van der Waals surface area contributed by atoms with Gasteiger partial charge in [0.05, 0.1) is 31.3 Å². The number of hydrogen-bond donors (Lipinski definition) is 1. The molecule has 1 N–H and O–H groups in total. The number of likely N-dealkylation sites (N-methyl/N-ethyl adjacent to an activating group) is 1. The van der Waals surface area contributed by atoms with Gasteiger partial charge in [-0.05, 0) is 43.4 Å². The van der Waals surface area contributed by atoms with Gasteiger partial charge in [0.25, 0.3) is 5.56 Å². The topological polar surface area (TPSA) is 104 Å². The average Bonchev–Trinajstić information content (AvgIpc) is 3.43. The SMILES string of the molecule is COc1cc(OC)c(Cl)c(-c2cc3cnc(Nc4ccn(C)n4)cc3n(Cc3cccc(CC(=O)/C=C/CN(C)C)c3)c2=O)c1. The van der Waals surface area contributed by atoms with Crippen LogP contribution in [0.15, 0.2) is 83.9 Å². The highest BCUT2D eigenvalue weighted by molar-refractivity contribution is 6.35. The highest BCUT2D eigenvalue weighted by Gasteiger charge is 2.19. The number of carbonyl (C=O) groups excluding carboxylic acids is 1. The number of methoxy groups -OCH3 is 2. The first-order valence-electron chi connectivity index (χ1n) is 14.3. The van der Waals surface area contributed by atoms with Crippen LogP contribution in [0.3, 0.4) is 0 Å². The van der Waals surface area contributed by atoms with Crippen LogP contribution in [0.25, 0.3) is 22.0 Å². The number of pyridine rings is 2. The second kappa shape index (κ2) is 13.8. The number of aromatic nitrogens is 4. The molecule has 11 heteroatoms. The minimum atomic E-state index is -0.261. The Kier molecular flexibility index (Phi) is 9.65. The smallest absolute Gasteiger partial charge is 0.259 e. The highest BCUT2D eigenvalue weighted by Crippen LogP contribution is 2.39. The molecule has 0 bridgehead atoms. The zero-order valence-electron chi connectivity index (χ0n) is 25.9. The number of allylic oxidation sites excluding steroid dienone is 1. The van der Waals surface area contributed by atoms with Gasteiger partial charge in [0.1, 0.15) is 17.3 Å². The Balaban J connectivity index is 1.60. The van der Waals surface area contributed by atoms with Gasteiger partial charge < -0.3 is 24.3 Å². The summed E-state index contributed by atoms with van der Waals surface area (Å²) in [7, 11) is 8.79. The lowest BCUT2D eigenvalue weighted by Crippen LogP contribution is -2.23. The molecule has 45 heavy (non-hydrogen) atoms. The fourth-order valence-corrected chi connectivity index (χ4v) is 5.30. The Bertz CT molecular complexity index is 1950. The molecule has 2 aromatic carbocycles. The first kappa shape index (κ1) is 31.5. The molecule has 10 nitrogen and oxygen atoms in total. The first-order valence-corrected chi connectivity index (χ1v) is 14.7. The molecule has 0 saturated carbocycles. The Labute approximate surface area is 266 Å². The number of aryl methyl sites for hydroxylation is 1. The molecule has 0 radical (unpaired) electrons. The predicted octanol–water partition coefficient (Wildman–Crippen LogP) is 5.49. The van der Waals surface area contributed by atoms with Crippen molar-refractivity contribution in [2.45, 2.75) is 13.0 Å². The van der Waals surface area contributed by atoms with Crippen LogP contribution in [0.1, 0.15) is 11.1 Å². The molecule has 0 fully saturated rings. The number of fused-ring (bicyclic) bond motifs is 1. The Hall–Kier alpha value is -4.93. The van der Waals surface area contributed by atoms with E-state index in [1.165, 1.54) is 7.11 Å². The molecule has 0 aliphatic carbocycles. The second-order valence-corrected chi connectivity index (χ2v) is 11.3. The van der Waals surface area contributed by atoms with Crippen molar-refractivity contribution in [2.75, 3.05) is 40.2 Å². The third-order valence-corrected chi connectivity index (χ3v) is 7.58. The molecule has 0 atom stereocenters. The lowest BCUT2D eigenvalue weighted by molar-refractivity contribution is -0.114. The number of nitrogens with one attached hydrogen (secondary N) is 1. The number of anilines is 2. The predicted molar refractivity (Wildman–Crippen MR) is 178 cm³/mol. The van der Waals surface area contributed by atoms with Crippen molar-refractivity contribution in [1.29, 1.82) is 0 Å². The van der Waals surface area contributed by atoms with E-state index in [0.717, 1.165) is 16.5 Å². The number of nitrogens with zero attached hydrogens (tertiary/aromatic N) is 5. The van der Waals surface area contributed by atoms with Crippen LogP contribution < -0.4 is 20.3 Å². The lowest BCUT2D eigenvalue weighted by atomic mass is 10.0. The van der Waals surface area contributed by atoms with E-state index in [1.807, 2.05) is 74.7 Å². The van der Waals surface area contributed by atoms with Crippen LogP contribution in [-0.4, -0.2) is 64.9 Å². The highest BCUT2D eigenvalue weighted by atomic mass is 35.5. The van der Waals surface area contributed by atoms with Crippen LogP contribution in [0.4, 0.5) is 11.6 Å². The van der Waals surface area contributed by atoms with E-state index in [-0.39, 0.29) is 24.3 Å². The van der Waals surface area contributed by atoms with Gasteiger partial charge in [0.2, 0.25) is 0 Å². The molecule has 3 aromatic heterocycles. The quantitative estimate of drug-likeness (QED) is 0.181. The monoisotopic (exact) mass is 626 g/mol. The maximum absolute atomic E-state index is 14.3. The van der Waals surface area contributed by atoms with Crippen molar-refractivity contribution in [3.63, 3.8) is 0 Å². The van der Waals surface area contributed by atoms with E-state index in [2.05, 4.69) is 15.4 Å². The van der Waals surface area contributed by atoms with E-state index >= 15 is 0 Å². The number of halogens is 1. The van der Waals surface area contributed by atoms with E-state index in [0.29, 0.717) is 51.3 Å². The summed E-state index contributed by atoms with van der Waals surface area (Å²) in [6, 6.07) is 16.5. The molecule has 0 unspecified atom stereocenters. The van der Waals surface area contributed by atoms with E-state index in [4.69, 9.17) is 21.1 Å². The summed E-state index contributed by atoms with van der Waals surface area (Å²) in [6.45, 7) is 0.931. The van der Waals surface area contributed by atoms with Crippen molar-refractivity contribution in [2.24, 2.45) is 7.05 Å². The van der Waals surface area contributed by atoms with Crippen LogP contribution in [0, 0.1) is 0 Å². The average molecular weight is 627 g/mol. The molecule has 5 aromatic rings. The molecular formula is C34H35ClN6O4. The van der Waals surface area contributed by atoms with Gasteiger partial charge in [-0.25, -0.2) is 4.98 Å². The summed E-state index contributed by atoms with van der Waals surface area (Å²) in [5.41, 5.74) is 2.98. The third kappa shape index (κ3) is 7.42. The Morgan fingerprint density at radius 1 is 1.02 bits per heavy atom. The molecule has 0 spiro atoms. The van der Waals surface area contributed by atoms with Crippen molar-refractivity contribution in [3.8, 4) is 22.6 Å². The lowest BCUT2D eigenvalue weighted by Gasteiger charge is -2.17. The molecule has 232 valence electrons. The van der Waals surface area contributed by atoms with Gasteiger partial charge in [-0.2, -0.15) is 5.10 Å². The van der Waals surface area contributed by atoms with Gasteiger partial charge in [-0.3, -0.25) is 14.3 Å². The fraction of sp³-hybridized carbons (Fsp3) is 0.235. The Morgan fingerprint density at radius 2 is 1.82 bits per heavy atom. The molecule has 0 amide bonds. The van der Waals surface area contributed by atoms with Crippen molar-refractivity contribution >= 4 is 39.9 Å². The molecule has 0 aliphatic heterocycles. The molecule has 3 heterocycles. The standard InChI is InChI=1S/C34H35ClN6O4/c1-39(2)12-7-10-25(42)15-22-8-6-9-23(14-22)21-41-29-19-32(37-31-11-13-40(3)38-31)36-20-24(29)16-28(34(41)43)27-17-26(44-4)18-30(45-5)33(27)35/h6-11,13-14,16-20H,12,15,21H2,1-5H3,(H,36,37,38)/b10-7+. The Morgan fingerprint density at radius 3 is 2.53 bits per heavy atom. The minimum Gasteiger partial charge on any atom is -0.497 e. The van der Waals surface area contributed by atoms with Gasteiger partial charge in [-0.1, -0.05) is 41.9 Å². The number of rotatable bonds is 12. The summed E-state index contributed by atoms with van der Waals surface area (Å²) in [5.74, 6) is 2.06. The fourth-order valence-electron chi connectivity index (χ4n) is 5.01. The number of hydrogen-bond acceptors (Lipinski definition) is 8. The van der Waals surface area contributed by atoms with Gasteiger partial charge in [-0.15, -0.1) is 0 Å². The van der Waals surface area contributed by atoms with Crippen molar-refractivity contribution in [1.82, 2.24) is 24.2 Å². The number of benzene rings is 2. The van der Waals surface area contributed by atoms with E-state index < -0.39 is 0 Å². The van der Waals surface area contributed by atoms with Gasteiger partial charge in [0, 0.05) is 67.1 Å². The second-order valence-electron chi connectivity index (χ2n) is 10.9. The van der Waals surface area contributed by atoms with E-state index in [9.17, 15) is 9.59 Å². The maximum Gasteiger partial charge on any atom is 0.259 e. The summed E-state index contributed by atoms with van der Waals surface area (Å²) < 4.78 is 14.3. The normalized spacial score (nSPS) is 11.4. The summed E-state index contributed by atoms with van der Waals surface area (Å²) in [4.78, 5) is 33.5. The van der Waals surface area contributed by atoms with Crippen molar-refractivity contribution in [3.05, 3.63) is 106 Å². The first-order chi connectivity index (χ1) is 21.6. The molecule has 5 rings (SSSR count). The van der Waals surface area contributed by atoms with Crippen LogP contribution >= 0.6 is 11.6 Å². The van der Waals surface area contributed by atoms with E-state index in [1.54, 1.807) is 46.8 Å². The minimum absolute atomic E-state index is 0.0107. The summed E-state index contributed by atoms with van der Waals surface area (Å²) >= 11 is 6.74. The van der Waals surface area contributed by atoms with Crippen LogP contribution in [-0.2, 0) is 24.8 Å². The number of ether oxygens (including phenoxy) is 2. The van der Waals surface area contributed by atoms with Gasteiger partial charge in [0.15, 0.2) is 11.6 Å². The maximum atomic E-state index is 14.3. The van der Waals surface area contributed by atoms with Crippen LogP contribution in [0.5, 0.6) is 11.5 Å².